The first-order chi connectivity index (χ1) is 26.8. The van der Waals surface area contributed by atoms with Gasteiger partial charge < -0.3 is 14.0 Å². The van der Waals surface area contributed by atoms with Crippen LogP contribution in [-0.2, 0) is 26.5 Å². The van der Waals surface area contributed by atoms with E-state index in [9.17, 15) is 0 Å². The maximum Gasteiger partial charge on any atom is 0.120 e. The molecule has 0 aliphatic carbocycles. The Balaban J connectivity index is 0.000000208. The molecule has 5 aromatic carbocycles. The topological polar surface area (TPSA) is 67.6 Å². The quantitative estimate of drug-likeness (QED) is 0.112. The van der Waals surface area contributed by atoms with Gasteiger partial charge in [-0.05, 0) is 69.9 Å². The van der Waals surface area contributed by atoms with Crippen molar-refractivity contribution in [1.29, 1.82) is 5.26 Å². The second-order valence-corrected chi connectivity index (χ2v) is 21.8. The van der Waals surface area contributed by atoms with Gasteiger partial charge in [0.05, 0.1) is 30.5 Å². The number of para-hydroxylation sites is 4. The third kappa shape index (κ3) is 8.60. The monoisotopic (exact) mass is 943 g/mol. The summed E-state index contributed by atoms with van der Waals surface area (Å²) >= 11 is 0. The predicted octanol–water partition coefficient (Wildman–Crippen LogP) is 12.8. The number of hydrogen-bond donors (Lipinski definition) is 0. The molecule has 0 spiro atoms. The number of aromatic nitrogens is 3. The zero-order valence-electron chi connectivity index (χ0n) is 34.4. The Morgan fingerprint density at radius 2 is 1.44 bits per heavy atom. The summed E-state index contributed by atoms with van der Waals surface area (Å²) in [6.07, 6.45) is 3.14. The summed E-state index contributed by atoms with van der Waals surface area (Å²) in [5, 5.41) is 12.5. The van der Waals surface area contributed by atoms with E-state index in [1.165, 1.54) is 27.6 Å². The molecule has 0 saturated carbocycles. The summed E-state index contributed by atoms with van der Waals surface area (Å²) < 4.78 is 8.41. The molecule has 0 unspecified atom stereocenters. The molecule has 0 aliphatic heterocycles. The SMILES string of the molecule is CC(C)Cc1cc(-c2[c-]cc(C#N)cc2)ncc1[Si](C)(C)C.CC(C)c1cccc(C(C)C)c1-n1c(-c2[c-]cc3oc4ccccc4c3c2)nc2ccccc21.[Ir]. The molecule has 291 valence electrons. The Bertz CT molecular complexity index is 2680. The third-order valence-electron chi connectivity index (χ3n) is 10.3. The average Bonchev–Trinajstić information content (AvgIpc) is 3.75. The number of fused-ring (bicyclic) bond motifs is 4. The molecule has 0 bridgehead atoms. The van der Waals surface area contributed by atoms with Crippen molar-refractivity contribution in [3.63, 3.8) is 0 Å². The Hall–Kier alpha value is -5.12. The first-order valence-electron chi connectivity index (χ1n) is 19.7. The van der Waals surface area contributed by atoms with E-state index in [1.807, 2.05) is 30.3 Å². The van der Waals surface area contributed by atoms with Gasteiger partial charge in [0.25, 0.3) is 0 Å². The van der Waals surface area contributed by atoms with E-state index < -0.39 is 8.07 Å². The zero-order valence-corrected chi connectivity index (χ0v) is 37.8. The van der Waals surface area contributed by atoms with Gasteiger partial charge in [0.15, 0.2) is 0 Å². The molecular weight excluding hydrogens is 893 g/mol. The molecule has 0 saturated heterocycles. The van der Waals surface area contributed by atoms with E-state index in [0.717, 1.165) is 62.0 Å². The summed E-state index contributed by atoms with van der Waals surface area (Å²) in [6, 6.07) is 43.9. The number of nitriles is 1. The van der Waals surface area contributed by atoms with Crippen LogP contribution >= 0.6 is 0 Å². The van der Waals surface area contributed by atoms with E-state index in [0.29, 0.717) is 23.3 Å². The minimum atomic E-state index is -1.40. The van der Waals surface area contributed by atoms with Gasteiger partial charge in [-0.1, -0.05) is 127 Å². The summed E-state index contributed by atoms with van der Waals surface area (Å²) in [5.74, 6) is 2.29. The first-order valence-corrected chi connectivity index (χ1v) is 23.2. The van der Waals surface area contributed by atoms with Crippen molar-refractivity contribution in [2.45, 2.75) is 79.4 Å². The zero-order chi connectivity index (χ0) is 39.7. The van der Waals surface area contributed by atoms with Crippen LogP contribution in [0.2, 0.25) is 19.6 Å². The van der Waals surface area contributed by atoms with Crippen LogP contribution in [0, 0.1) is 29.4 Å². The van der Waals surface area contributed by atoms with Gasteiger partial charge in [-0.25, -0.2) is 5.26 Å². The Kier molecular flexibility index (Phi) is 12.5. The smallest absolute Gasteiger partial charge is 0.120 e. The fourth-order valence-corrected chi connectivity index (χ4v) is 9.17. The summed E-state index contributed by atoms with van der Waals surface area (Å²) in [4.78, 5) is 9.79. The maximum atomic E-state index is 8.89. The van der Waals surface area contributed by atoms with E-state index in [2.05, 4.69) is 162 Å². The van der Waals surface area contributed by atoms with Crippen LogP contribution in [0.3, 0.4) is 0 Å². The molecule has 1 radical (unpaired) electrons. The van der Waals surface area contributed by atoms with Crippen LogP contribution in [0.15, 0.2) is 114 Å². The molecule has 3 heterocycles. The largest absolute Gasteiger partial charge is 0.500 e. The molecular formula is C50H50IrN4OSi-2. The van der Waals surface area contributed by atoms with Crippen molar-refractivity contribution in [2.75, 3.05) is 0 Å². The third-order valence-corrected chi connectivity index (χ3v) is 12.4. The number of hydrogen-bond acceptors (Lipinski definition) is 4. The second kappa shape index (κ2) is 17.2. The number of pyridine rings is 1. The van der Waals surface area contributed by atoms with E-state index in [-0.39, 0.29) is 20.1 Å². The van der Waals surface area contributed by atoms with Crippen molar-refractivity contribution in [2.24, 2.45) is 5.92 Å². The first kappa shape index (κ1) is 41.5. The fourth-order valence-electron chi connectivity index (χ4n) is 7.58. The van der Waals surface area contributed by atoms with Crippen LogP contribution in [0.5, 0.6) is 0 Å². The Labute approximate surface area is 352 Å². The number of nitrogens with zero attached hydrogens (tertiary/aromatic N) is 4. The standard InChI is InChI=1S/C31H27N2O.C19H23N2Si.Ir/c1-19(2)22-11-9-12-23(20(3)4)30(22)33-27-14-7-6-13-26(27)32-31(33)21-16-17-29-25(18-21)24-10-5-8-15-28(24)34-29;1-14(2)10-17-11-18(21-13-19(17)22(3,4)5)16-8-6-15(12-20)7-9-16;/h5-15,17-20H,1-4H3;6-8,11,13-14H,10H2,1-5H3;/q2*-1;. The molecule has 7 heteroatoms. The molecule has 8 rings (SSSR count). The maximum absolute atomic E-state index is 8.89. The van der Waals surface area contributed by atoms with Crippen molar-refractivity contribution in [1.82, 2.24) is 14.5 Å². The molecule has 0 atom stereocenters. The summed E-state index contributed by atoms with van der Waals surface area (Å²) in [5.41, 5.74) is 12.6. The number of benzene rings is 5. The van der Waals surface area contributed by atoms with Crippen LogP contribution in [0.1, 0.15) is 75.6 Å². The molecule has 0 N–H and O–H groups in total. The van der Waals surface area contributed by atoms with Gasteiger partial charge in [0.1, 0.15) is 5.58 Å². The molecule has 3 aromatic heterocycles. The number of rotatable bonds is 8. The summed E-state index contributed by atoms with van der Waals surface area (Å²) in [7, 11) is -1.40. The second-order valence-electron chi connectivity index (χ2n) is 16.8. The van der Waals surface area contributed by atoms with Crippen molar-refractivity contribution >= 4 is 46.2 Å². The van der Waals surface area contributed by atoms with Crippen LogP contribution in [-0.4, -0.2) is 22.6 Å². The van der Waals surface area contributed by atoms with Crippen LogP contribution < -0.4 is 5.19 Å². The minimum Gasteiger partial charge on any atom is -0.500 e. The Morgan fingerprint density at radius 3 is 2.09 bits per heavy atom. The van der Waals surface area contributed by atoms with Gasteiger partial charge in [-0.3, -0.25) is 4.98 Å². The fraction of sp³-hybridized carbons (Fsp3) is 0.260. The molecule has 57 heavy (non-hydrogen) atoms. The van der Waals surface area contributed by atoms with Gasteiger partial charge in [0.2, 0.25) is 0 Å². The number of furan rings is 1. The van der Waals surface area contributed by atoms with Crippen LogP contribution in [0.4, 0.5) is 0 Å². The van der Waals surface area contributed by atoms with Gasteiger partial charge >= 0.3 is 0 Å². The van der Waals surface area contributed by atoms with Crippen LogP contribution in [0.25, 0.3) is 61.3 Å². The summed E-state index contributed by atoms with van der Waals surface area (Å²) in [6.45, 7) is 20.6. The van der Waals surface area contributed by atoms with E-state index in [4.69, 9.17) is 14.7 Å². The Morgan fingerprint density at radius 1 is 0.754 bits per heavy atom. The van der Waals surface area contributed by atoms with Crippen molar-refractivity contribution in [3.8, 4) is 34.4 Å². The predicted molar refractivity (Wildman–Crippen MR) is 236 cm³/mol. The molecule has 8 aromatic rings. The van der Waals surface area contributed by atoms with Gasteiger partial charge in [-0.2, -0.15) is 0 Å². The van der Waals surface area contributed by atoms with Crippen molar-refractivity contribution in [3.05, 3.63) is 144 Å². The van der Waals surface area contributed by atoms with Gasteiger partial charge in [-0.15, -0.1) is 53.6 Å². The van der Waals surface area contributed by atoms with E-state index in [1.54, 1.807) is 6.07 Å². The molecule has 0 fully saturated rings. The molecule has 0 amide bonds. The molecule has 5 nitrogen and oxygen atoms in total. The average molecular weight is 943 g/mol. The van der Waals surface area contributed by atoms with Gasteiger partial charge in [0, 0.05) is 43.4 Å². The normalized spacial score (nSPS) is 11.6. The minimum absolute atomic E-state index is 0. The number of imidazole rings is 1. The van der Waals surface area contributed by atoms with E-state index >= 15 is 0 Å². The molecule has 0 aliphatic rings. The van der Waals surface area contributed by atoms with Crippen molar-refractivity contribution < 1.29 is 24.5 Å².